The van der Waals surface area contributed by atoms with E-state index in [0.29, 0.717) is 5.41 Å². The van der Waals surface area contributed by atoms with E-state index < -0.39 is 5.97 Å². The van der Waals surface area contributed by atoms with E-state index in [-0.39, 0.29) is 12.0 Å². The molecule has 0 amide bonds. The molecule has 0 aromatic heterocycles. The average Bonchev–Trinajstić information content (AvgIpc) is 1.97. The predicted octanol–water partition coefficient (Wildman–Crippen LogP) is 1.44. The minimum atomic E-state index is -0.697. The number of aliphatic carboxylic acids is 1. The molecule has 1 fully saturated rings. The lowest BCUT2D eigenvalue weighted by molar-refractivity contribution is -0.145. The van der Waals surface area contributed by atoms with Gasteiger partial charge in [0.2, 0.25) is 0 Å². The molecule has 2 atom stereocenters. The third-order valence-electron chi connectivity index (χ3n) is 2.95. The van der Waals surface area contributed by atoms with E-state index >= 15 is 0 Å². The first-order valence-electron chi connectivity index (χ1n) is 4.80. The molecule has 76 valence electrons. The molecule has 13 heavy (non-hydrogen) atoms. The van der Waals surface area contributed by atoms with Gasteiger partial charge in [0.1, 0.15) is 0 Å². The van der Waals surface area contributed by atoms with Gasteiger partial charge in [-0.2, -0.15) is 0 Å². The summed E-state index contributed by atoms with van der Waals surface area (Å²) >= 11 is 0. The lowest BCUT2D eigenvalue weighted by Crippen LogP contribution is -2.58. The number of hydrogen-bond acceptors (Lipinski definition) is 2. The number of rotatable bonds is 3. The number of carbonyl (C=O) groups is 1. The van der Waals surface area contributed by atoms with Gasteiger partial charge in [-0.25, -0.2) is 0 Å². The molecule has 1 aliphatic rings. The van der Waals surface area contributed by atoms with Crippen LogP contribution < -0.4 is 0 Å². The van der Waals surface area contributed by atoms with Crippen molar-refractivity contribution in [3.63, 3.8) is 0 Å². The fourth-order valence-corrected chi connectivity index (χ4v) is 1.86. The van der Waals surface area contributed by atoms with E-state index in [1.54, 1.807) is 6.92 Å². The van der Waals surface area contributed by atoms with Crippen LogP contribution in [-0.4, -0.2) is 35.1 Å². The van der Waals surface area contributed by atoms with Crippen molar-refractivity contribution in [3.8, 4) is 0 Å². The Morgan fingerprint density at radius 2 is 1.85 bits per heavy atom. The lowest BCUT2D eigenvalue weighted by atomic mass is 9.82. The number of carboxylic acids is 1. The molecular weight excluding hydrogens is 166 g/mol. The molecule has 0 saturated carbocycles. The highest BCUT2D eigenvalue weighted by atomic mass is 16.4. The SMILES string of the molecule is CC(C(=O)O)C(C)N1CC(C)(C)C1. The first kappa shape index (κ1) is 10.5. The second-order valence-corrected chi connectivity index (χ2v) is 4.94. The molecule has 3 heteroatoms. The third-order valence-corrected chi connectivity index (χ3v) is 2.95. The van der Waals surface area contributed by atoms with Gasteiger partial charge in [0.15, 0.2) is 0 Å². The van der Waals surface area contributed by atoms with Gasteiger partial charge < -0.3 is 5.11 Å². The molecule has 0 spiro atoms. The molecule has 3 nitrogen and oxygen atoms in total. The van der Waals surface area contributed by atoms with Crippen molar-refractivity contribution in [2.45, 2.75) is 33.7 Å². The maximum atomic E-state index is 10.7. The molecule has 2 unspecified atom stereocenters. The molecule has 0 radical (unpaired) electrons. The van der Waals surface area contributed by atoms with Crippen LogP contribution in [0.5, 0.6) is 0 Å². The molecule has 0 aromatic rings. The van der Waals surface area contributed by atoms with E-state index in [2.05, 4.69) is 18.7 Å². The second kappa shape index (κ2) is 3.29. The van der Waals surface area contributed by atoms with Crippen molar-refractivity contribution in [2.75, 3.05) is 13.1 Å². The smallest absolute Gasteiger partial charge is 0.307 e. The van der Waals surface area contributed by atoms with Gasteiger partial charge in [-0.15, -0.1) is 0 Å². The third kappa shape index (κ3) is 2.21. The Bertz CT molecular complexity index is 205. The van der Waals surface area contributed by atoms with Crippen molar-refractivity contribution in [2.24, 2.45) is 11.3 Å². The Kier molecular flexibility index (Phi) is 2.66. The normalized spacial score (nSPS) is 26.2. The van der Waals surface area contributed by atoms with Crippen LogP contribution in [0.4, 0.5) is 0 Å². The molecular formula is C10H19NO2. The average molecular weight is 185 g/mol. The molecule has 1 aliphatic heterocycles. The second-order valence-electron chi connectivity index (χ2n) is 4.94. The number of likely N-dealkylation sites (tertiary alicyclic amines) is 1. The van der Waals surface area contributed by atoms with E-state index in [1.807, 2.05) is 6.92 Å². The van der Waals surface area contributed by atoms with Gasteiger partial charge in [0.25, 0.3) is 0 Å². The lowest BCUT2D eigenvalue weighted by Gasteiger charge is -2.50. The number of hydrogen-bond donors (Lipinski definition) is 1. The molecule has 1 heterocycles. The predicted molar refractivity (Wildman–Crippen MR) is 51.6 cm³/mol. The topological polar surface area (TPSA) is 40.5 Å². The van der Waals surface area contributed by atoms with Crippen LogP contribution in [0.15, 0.2) is 0 Å². The van der Waals surface area contributed by atoms with Gasteiger partial charge in [-0.3, -0.25) is 9.69 Å². The maximum Gasteiger partial charge on any atom is 0.307 e. The highest BCUT2D eigenvalue weighted by Crippen LogP contribution is 2.32. The summed E-state index contributed by atoms with van der Waals surface area (Å²) < 4.78 is 0. The summed E-state index contributed by atoms with van der Waals surface area (Å²) in [6, 6.07) is 0.158. The Balaban J connectivity index is 2.43. The van der Waals surface area contributed by atoms with Crippen LogP contribution >= 0.6 is 0 Å². The van der Waals surface area contributed by atoms with Gasteiger partial charge >= 0.3 is 5.97 Å². The summed E-state index contributed by atoms with van der Waals surface area (Å²) in [5.41, 5.74) is 0.381. The summed E-state index contributed by atoms with van der Waals surface area (Å²) in [7, 11) is 0. The van der Waals surface area contributed by atoms with Gasteiger partial charge in [-0.1, -0.05) is 20.8 Å². The molecule has 1 rings (SSSR count). The molecule has 0 aliphatic carbocycles. The first-order valence-corrected chi connectivity index (χ1v) is 4.80. The van der Waals surface area contributed by atoms with Crippen molar-refractivity contribution < 1.29 is 9.90 Å². The Morgan fingerprint density at radius 1 is 1.38 bits per heavy atom. The summed E-state index contributed by atoms with van der Waals surface area (Å²) in [5.74, 6) is -0.965. The van der Waals surface area contributed by atoms with Crippen LogP contribution in [0.2, 0.25) is 0 Å². The number of nitrogens with zero attached hydrogens (tertiary/aromatic N) is 1. The molecule has 1 N–H and O–H groups in total. The fraction of sp³-hybridized carbons (Fsp3) is 0.900. The van der Waals surface area contributed by atoms with Gasteiger partial charge in [0.05, 0.1) is 5.92 Å². The van der Waals surface area contributed by atoms with Crippen LogP contribution in [0, 0.1) is 11.3 Å². The monoisotopic (exact) mass is 185 g/mol. The maximum absolute atomic E-state index is 10.7. The van der Waals surface area contributed by atoms with Crippen molar-refractivity contribution in [1.82, 2.24) is 4.90 Å². The summed E-state index contributed by atoms with van der Waals surface area (Å²) in [6.07, 6.45) is 0. The van der Waals surface area contributed by atoms with Crippen LogP contribution in [0.25, 0.3) is 0 Å². The zero-order valence-corrected chi connectivity index (χ0v) is 8.87. The highest BCUT2D eigenvalue weighted by Gasteiger charge is 2.39. The Hall–Kier alpha value is -0.570. The zero-order chi connectivity index (χ0) is 10.2. The Morgan fingerprint density at radius 3 is 2.15 bits per heavy atom. The van der Waals surface area contributed by atoms with Crippen molar-refractivity contribution in [1.29, 1.82) is 0 Å². The Labute approximate surface area is 79.7 Å². The van der Waals surface area contributed by atoms with Crippen LogP contribution in [0.1, 0.15) is 27.7 Å². The molecule has 1 saturated heterocycles. The van der Waals surface area contributed by atoms with E-state index in [4.69, 9.17) is 5.11 Å². The van der Waals surface area contributed by atoms with Crippen molar-refractivity contribution in [3.05, 3.63) is 0 Å². The van der Waals surface area contributed by atoms with E-state index in [0.717, 1.165) is 13.1 Å². The standard InChI is InChI=1S/C10H19NO2/c1-7(9(12)13)8(2)11-5-10(3,4)6-11/h7-8H,5-6H2,1-4H3,(H,12,13). The van der Waals surface area contributed by atoms with Gasteiger partial charge in [-0.05, 0) is 12.3 Å². The quantitative estimate of drug-likeness (QED) is 0.723. The van der Waals surface area contributed by atoms with Crippen molar-refractivity contribution >= 4 is 5.97 Å². The van der Waals surface area contributed by atoms with E-state index in [9.17, 15) is 4.79 Å². The summed E-state index contributed by atoms with van der Waals surface area (Å²) in [5, 5.41) is 8.82. The minimum Gasteiger partial charge on any atom is -0.481 e. The highest BCUT2D eigenvalue weighted by molar-refractivity contribution is 5.70. The first-order chi connectivity index (χ1) is 5.83. The fourth-order valence-electron chi connectivity index (χ4n) is 1.86. The summed E-state index contributed by atoms with van der Waals surface area (Å²) in [6.45, 7) is 10.2. The van der Waals surface area contributed by atoms with E-state index in [1.165, 1.54) is 0 Å². The molecule has 0 bridgehead atoms. The minimum absolute atomic E-state index is 0.158. The zero-order valence-electron chi connectivity index (χ0n) is 8.87. The molecule has 0 aromatic carbocycles. The number of carboxylic acid groups (broad SMARTS) is 1. The van der Waals surface area contributed by atoms with Gasteiger partial charge in [0, 0.05) is 19.1 Å². The summed E-state index contributed by atoms with van der Waals surface area (Å²) in [4.78, 5) is 13.0. The van der Waals surface area contributed by atoms with Crippen LogP contribution in [-0.2, 0) is 4.79 Å². The van der Waals surface area contributed by atoms with Crippen LogP contribution in [0.3, 0.4) is 0 Å². The largest absolute Gasteiger partial charge is 0.481 e.